The molecular weight excluding hydrogens is 420 g/mol. The molecule has 0 unspecified atom stereocenters. The van der Waals surface area contributed by atoms with Crippen LogP contribution in [0.15, 0.2) is 54.9 Å². The molecule has 1 amide bonds. The standard InChI is InChI=1S/C23H19ClN2O3S/c1-14(27)20-5-6-21(30-20)16-9-17-10-18(29-23(17)19(24)11-16)13-26-22(28)7-4-15-3-2-8-25-12-15/h2-9,11-12,18H,10,13H2,1H3,(H,26,28)/b7-4-/t18-/m1/s1. The molecule has 1 aliphatic rings. The molecule has 0 fully saturated rings. The average Bonchev–Trinajstić information content (AvgIpc) is 3.39. The molecule has 1 atom stereocenters. The van der Waals surface area contributed by atoms with Gasteiger partial charge in [0.1, 0.15) is 11.9 Å². The average molecular weight is 439 g/mol. The summed E-state index contributed by atoms with van der Waals surface area (Å²) in [6.07, 6.45) is 7.04. The minimum atomic E-state index is -0.194. The highest BCUT2D eigenvalue weighted by molar-refractivity contribution is 7.17. The minimum absolute atomic E-state index is 0.0511. The predicted molar refractivity (Wildman–Crippen MR) is 119 cm³/mol. The second kappa shape index (κ2) is 8.81. The highest BCUT2D eigenvalue weighted by Gasteiger charge is 2.26. The number of aromatic nitrogens is 1. The first-order valence-corrected chi connectivity index (χ1v) is 10.6. The fourth-order valence-corrected chi connectivity index (χ4v) is 4.42. The van der Waals surface area contributed by atoms with Gasteiger partial charge in [-0.3, -0.25) is 14.6 Å². The number of ketones is 1. The predicted octanol–water partition coefficient (Wildman–Crippen LogP) is 4.80. The van der Waals surface area contributed by atoms with E-state index in [1.165, 1.54) is 17.4 Å². The Balaban J connectivity index is 1.39. The summed E-state index contributed by atoms with van der Waals surface area (Å²) in [5, 5.41) is 3.39. The van der Waals surface area contributed by atoms with Gasteiger partial charge in [0.05, 0.1) is 16.4 Å². The number of ether oxygens (including phenoxy) is 1. The Morgan fingerprint density at radius 3 is 2.93 bits per heavy atom. The van der Waals surface area contributed by atoms with Crippen LogP contribution in [-0.4, -0.2) is 29.3 Å². The highest BCUT2D eigenvalue weighted by Crippen LogP contribution is 2.41. The van der Waals surface area contributed by atoms with Crippen molar-refractivity contribution in [2.75, 3.05) is 6.54 Å². The number of fused-ring (bicyclic) bond motifs is 1. The first kappa shape index (κ1) is 20.3. The number of hydrogen-bond acceptors (Lipinski definition) is 5. The number of Topliss-reactive ketones (excluding diaryl/α,β-unsaturated/α-hetero) is 1. The van der Waals surface area contributed by atoms with Crippen molar-refractivity contribution in [3.63, 3.8) is 0 Å². The third-order valence-electron chi connectivity index (χ3n) is 4.71. The second-order valence-electron chi connectivity index (χ2n) is 6.98. The molecule has 1 aromatic carbocycles. The Labute approximate surface area is 183 Å². The lowest BCUT2D eigenvalue weighted by atomic mass is 10.1. The van der Waals surface area contributed by atoms with Gasteiger partial charge in [-0.05, 0) is 54.5 Å². The van der Waals surface area contributed by atoms with Gasteiger partial charge in [-0.25, -0.2) is 0 Å². The van der Waals surface area contributed by atoms with Crippen LogP contribution in [0.3, 0.4) is 0 Å². The summed E-state index contributed by atoms with van der Waals surface area (Å²) >= 11 is 7.90. The molecule has 7 heteroatoms. The maximum atomic E-state index is 12.1. The number of carbonyl (C=O) groups is 2. The first-order chi connectivity index (χ1) is 14.5. The lowest BCUT2D eigenvalue weighted by Crippen LogP contribution is -2.33. The summed E-state index contributed by atoms with van der Waals surface area (Å²) in [5.74, 6) is 0.518. The lowest BCUT2D eigenvalue weighted by Gasteiger charge is -2.11. The van der Waals surface area contributed by atoms with Crippen LogP contribution < -0.4 is 10.1 Å². The number of rotatable bonds is 6. The van der Waals surface area contributed by atoms with Crippen LogP contribution in [-0.2, 0) is 11.2 Å². The van der Waals surface area contributed by atoms with Crippen LogP contribution in [0.4, 0.5) is 0 Å². The summed E-state index contributed by atoms with van der Waals surface area (Å²) in [7, 11) is 0. The van der Waals surface area contributed by atoms with Gasteiger partial charge in [-0.15, -0.1) is 11.3 Å². The number of halogens is 1. The Morgan fingerprint density at radius 1 is 1.33 bits per heavy atom. The number of pyridine rings is 1. The minimum Gasteiger partial charge on any atom is -0.486 e. The smallest absolute Gasteiger partial charge is 0.244 e. The Kier molecular flexibility index (Phi) is 5.97. The molecule has 30 heavy (non-hydrogen) atoms. The Bertz CT molecular complexity index is 1120. The SMILES string of the molecule is CC(=O)c1ccc(-c2cc(Cl)c3c(c2)C[C@H](CNC(=O)/C=C\c2cccnc2)O3)s1. The topological polar surface area (TPSA) is 68.3 Å². The van der Waals surface area contributed by atoms with Gasteiger partial charge in [0.15, 0.2) is 5.78 Å². The third kappa shape index (κ3) is 4.61. The normalized spacial score (nSPS) is 15.1. The lowest BCUT2D eigenvalue weighted by molar-refractivity contribution is -0.116. The van der Waals surface area contributed by atoms with Crippen molar-refractivity contribution in [3.05, 3.63) is 75.9 Å². The van der Waals surface area contributed by atoms with Gasteiger partial charge in [0, 0.05) is 35.3 Å². The van der Waals surface area contributed by atoms with Crippen LogP contribution in [0.2, 0.25) is 5.02 Å². The molecule has 0 aliphatic carbocycles. The van der Waals surface area contributed by atoms with E-state index in [1.54, 1.807) is 25.4 Å². The molecule has 0 saturated carbocycles. The molecule has 5 nitrogen and oxygen atoms in total. The Morgan fingerprint density at radius 2 is 2.20 bits per heavy atom. The van der Waals surface area contributed by atoms with Crippen molar-refractivity contribution in [1.29, 1.82) is 0 Å². The molecule has 0 spiro atoms. The third-order valence-corrected chi connectivity index (χ3v) is 6.22. The maximum Gasteiger partial charge on any atom is 0.244 e. The number of nitrogens with zero attached hydrogens (tertiary/aromatic N) is 1. The van der Waals surface area contributed by atoms with Gasteiger partial charge in [-0.1, -0.05) is 17.7 Å². The van der Waals surface area contributed by atoms with E-state index in [1.807, 2.05) is 36.4 Å². The van der Waals surface area contributed by atoms with E-state index < -0.39 is 0 Å². The number of carbonyl (C=O) groups excluding carboxylic acids is 2. The van der Waals surface area contributed by atoms with Crippen molar-refractivity contribution >= 4 is 40.7 Å². The number of amides is 1. The summed E-state index contributed by atoms with van der Waals surface area (Å²) in [6, 6.07) is 11.4. The Hall–Kier alpha value is -2.96. The molecule has 4 rings (SSSR count). The van der Waals surface area contributed by atoms with E-state index in [9.17, 15) is 9.59 Å². The zero-order valence-electron chi connectivity index (χ0n) is 16.2. The van der Waals surface area contributed by atoms with Crippen LogP contribution >= 0.6 is 22.9 Å². The van der Waals surface area contributed by atoms with Crippen molar-refractivity contribution in [2.24, 2.45) is 0 Å². The summed E-state index contributed by atoms with van der Waals surface area (Å²) < 4.78 is 5.95. The summed E-state index contributed by atoms with van der Waals surface area (Å²) in [4.78, 5) is 29.4. The van der Waals surface area contributed by atoms with Crippen molar-refractivity contribution < 1.29 is 14.3 Å². The quantitative estimate of drug-likeness (QED) is 0.443. The number of benzene rings is 1. The summed E-state index contributed by atoms with van der Waals surface area (Å²) in [6.45, 7) is 1.94. The van der Waals surface area contributed by atoms with Crippen LogP contribution in [0, 0.1) is 0 Å². The molecule has 0 saturated heterocycles. The molecule has 2 aromatic heterocycles. The molecule has 152 valence electrons. The van der Waals surface area contributed by atoms with E-state index in [4.69, 9.17) is 16.3 Å². The van der Waals surface area contributed by atoms with Crippen LogP contribution in [0.1, 0.15) is 27.7 Å². The van der Waals surface area contributed by atoms with Crippen LogP contribution in [0.5, 0.6) is 5.75 Å². The summed E-state index contributed by atoms with van der Waals surface area (Å²) in [5.41, 5.74) is 2.82. The van der Waals surface area contributed by atoms with Crippen molar-refractivity contribution in [3.8, 4) is 16.2 Å². The largest absolute Gasteiger partial charge is 0.486 e. The zero-order chi connectivity index (χ0) is 21.1. The van der Waals surface area contributed by atoms with Gasteiger partial charge in [0.2, 0.25) is 5.91 Å². The fraction of sp³-hybridized carbons (Fsp3) is 0.174. The number of thiophene rings is 1. The monoisotopic (exact) mass is 438 g/mol. The zero-order valence-corrected chi connectivity index (χ0v) is 17.8. The van der Waals surface area contributed by atoms with Crippen LogP contribution in [0.25, 0.3) is 16.5 Å². The van der Waals surface area contributed by atoms with E-state index in [-0.39, 0.29) is 17.8 Å². The van der Waals surface area contributed by atoms with Gasteiger partial charge in [-0.2, -0.15) is 0 Å². The second-order valence-corrected chi connectivity index (χ2v) is 8.47. The highest BCUT2D eigenvalue weighted by atomic mass is 35.5. The molecule has 0 bridgehead atoms. The fourth-order valence-electron chi connectivity index (χ4n) is 3.25. The molecular formula is C23H19ClN2O3S. The number of nitrogens with one attached hydrogen (secondary N) is 1. The number of hydrogen-bond donors (Lipinski definition) is 1. The molecule has 0 radical (unpaired) electrons. The maximum absolute atomic E-state index is 12.1. The van der Waals surface area contributed by atoms with E-state index in [2.05, 4.69) is 10.3 Å². The molecule has 3 aromatic rings. The van der Waals surface area contributed by atoms with E-state index >= 15 is 0 Å². The molecule has 1 N–H and O–H groups in total. The first-order valence-electron chi connectivity index (χ1n) is 9.46. The van der Waals surface area contributed by atoms with Crippen molar-refractivity contribution in [1.82, 2.24) is 10.3 Å². The van der Waals surface area contributed by atoms with E-state index in [0.29, 0.717) is 23.7 Å². The van der Waals surface area contributed by atoms with Gasteiger partial charge < -0.3 is 10.1 Å². The van der Waals surface area contributed by atoms with E-state index in [0.717, 1.165) is 26.4 Å². The van der Waals surface area contributed by atoms with Crippen molar-refractivity contribution in [2.45, 2.75) is 19.4 Å². The molecule has 1 aliphatic heterocycles. The molecule has 3 heterocycles. The van der Waals surface area contributed by atoms with Gasteiger partial charge >= 0.3 is 0 Å². The van der Waals surface area contributed by atoms with Gasteiger partial charge in [0.25, 0.3) is 0 Å².